The lowest BCUT2D eigenvalue weighted by Gasteiger charge is -2.29. The standard InChI is InChI=1S/C25H44N8O4S2/c1-7-30-13-18(34)32(22(30)36)15-24(3,4)9-11-26-20(38)28-17-29-21(39)27-12-10-25(5,6)16-33-19(35)14-31(8-2)23(33)37/h7-17H2,1-6H3,(H2,26,28,38)(H2,27,29,39). The van der Waals surface area contributed by atoms with E-state index in [-0.39, 0.29) is 47.8 Å². The van der Waals surface area contributed by atoms with Crippen LogP contribution in [0, 0.1) is 10.8 Å². The van der Waals surface area contributed by atoms with E-state index in [1.807, 2.05) is 41.5 Å². The maximum Gasteiger partial charge on any atom is 0.327 e. The van der Waals surface area contributed by atoms with Gasteiger partial charge in [0, 0.05) is 39.3 Å². The lowest BCUT2D eigenvalue weighted by Crippen LogP contribution is -2.47. The third kappa shape index (κ3) is 9.75. The fourth-order valence-electron chi connectivity index (χ4n) is 4.37. The van der Waals surface area contributed by atoms with Crippen LogP contribution in [0.15, 0.2) is 0 Å². The number of urea groups is 2. The summed E-state index contributed by atoms with van der Waals surface area (Å²) in [7, 11) is 0. The molecule has 2 aliphatic rings. The van der Waals surface area contributed by atoms with Crippen molar-refractivity contribution in [1.82, 2.24) is 40.9 Å². The SMILES string of the molecule is CCN1CC(=O)N(CC(C)(C)CCNC(=S)NCNC(=S)NCCC(C)(C)CN2C(=O)CN(CC)C2=O)C1=O. The second-order valence-corrected chi connectivity index (χ2v) is 12.2. The molecule has 0 bridgehead atoms. The number of imide groups is 2. The first-order valence-corrected chi connectivity index (χ1v) is 14.2. The van der Waals surface area contributed by atoms with Crippen LogP contribution in [0.2, 0.25) is 0 Å². The number of amides is 6. The van der Waals surface area contributed by atoms with E-state index in [1.54, 1.807) is 9.80 Å². The van der Waals surface area contributed by atoms with Crippen molar-refractivity contribution in [3.05, 3.63) is 0 Å². The normalized spacial score (nSPS) is 16.4. The Morgan fingerprint density at radius 1 is 0.692 bits per heavy atom. The van der Waals surface area contributed by atoms with Gasteiger partial charge in [-0.25, -0.2) is 9.59 Å². The van der Waals surface area contributed by atoms with Crippen LogP contribution in [0.1, 0.15) is 54.4 Å². The van der Waals surface area contributed by atoms with Crippen molar-refractivity contribution in [2.24, 2.45) is 10.8 Å². The predicted octanol–water partition coefficient (Wildman–Crippen LogP) is 1.27. The quantitative estimate of drug-likeness (QED) is 0.135. The highest BCUT2D eigenvalue weighted by molar-refractivity contribution is 7.80. The van der Waals surface area contributed by atoms with Crippen LogP contribution < -0.4 is 21.3 Å². The molecule has 0 aliphatic carbocycles. The Morgan fingerprint density at radius 3 is 1.36 bits per heavy atom. The van der Waals surface area contributed by atoms with Gasteiger partial charge < -0.3 is 31.1 Å². The molecule has 0 aromatic carbocycles. The molecule has 2 aliphatic heterocycles. The van der Waals surface area contributed by atoms with Gasteiger partial charge in [0.15, 0.2) is 10.2 Å². The third-order valence-corrected chi connectivity index (χ3v) is 7.44. The van der Waals surface area contributed by atoms with Crippen molar-refractivity contribution < 1.29 is 19.2 Å². The summed E-state index contributed by atoms with van der Waals surface area (Å²) in [4.78, 5) is 54.8. The van der Waals surface area contributed by atoms with Crippen molar-refractivity contribution in [3.63, 3.8) is 0 Å². The second kappa shape index (κ2) is 14.1. The monoisotopic (exact) mass is 584 g/mol. The van der Waals surface area contributed by atoms with Crippen LogP contribution in [0.25, 0.3) is 0 Å². The summed E-state index contributed by atoms with van der Waals surface area (Å²) in [6.07, 6.45) is 1.43. The molecule has 0 atom stereocenters. The van der Waals surface area contributed by atoms with Crippen molar-refractivity contribution >= 4 is 58.5 Å². The molecule has 14 heteroatoms. The van der Waals surface area contributed by atoms with Gasteiger partial charge in [0.25, 0.3) is 0 Å². The number of likely N-dealkylation sites (N-methyl/N-ethyl adjacent to an activating group) is 2. The fourth-order valence-corrected chi connectivity index (χ4v) is 4.71. The van der Waals surface area contributed by atoms with E-state index in [2.05, 4.69) is 21.3 Å². The molecular weight excluding hydrogens is 540 g/mol. The molecule has 2 rings (SSSR count). The highest BCUT2D eigenvalue weighted by Crippen LogP contribution is 2.25. The summed E-state index contributed by atoms with van der Waals surface area (Å²) in [5.74, 6) is -0.307. The summed E-state index contributed by atoms with van der Waals surface area (Å²) in [6.45, 7) is 15.4. The summed E-state index contributed by atoms with van der Waals surface area (Å²) < 4.78 is 0. The van der Waals surface area contributed by atoms with E-state index < -0.39 is 0 Å². The Balaban J connectivity index is 1.60. The zero-order valence-corrected chi connectivity index (χ0v) is 25.6. The van der Waals surface area contributed by atoms with Crippen LogP contribution in [0.3, 0.4) is 0 Å². The number of carbonyl (C=O) groups is 4. The Kier molecular flexibility index (Phi) is 11.7. The summed E-state index contributed by atoms with van der Waals surface area (Å²) in [5, 5.41) is 13.3. The highest BCUT2D eigenvalue weighted by atomic mass is 32.1. The van der Waals surface area contributed by atoms with Crippen LogP contribution in [-0.4, -0.2) is 113 Å². The maximum absolute atomic E-state index is 12.3. The number of nitrogens with zero attached hydrogens (tertiary/aromatic N) is 4. The topological polar surface area (TPSA) is 129 Å². The molecule has 220 valence electrons. The van der Waals surface area contributed by atoms with Crippen molar-refractivity contribution in [2.75, 3.05) is 59.0 Å². The molecule has 0 unspecified atom stereocenters. The van der Waals surface area contributed by atoms with E-state index in [1.165, 1.54) is 9.80 Å². The summed E-state index contributed by atoms with van der Waals surface area (Å²) in [5.41, 5.74) is -0.528. The van der Waals surface area contributed by atoms with Gasteiger partial charge in [-0.2, -0.15) is 0 Å². The predicted molar refractivity (Wildman–Crippen MR) is 158 cm³/mol. The first kappa shape index (κ1) is 32.5. The lowest BCUT2D eigenvalue weighted by atomic mass is 9.88. The number of nitrogens with one attached hydrogen (secondary N) is 4. The Hall–Kier alpha value is -2.74. The number of hydrogen-bond donors (Lipinski definition) is 4. The summed E-state index contributed by atoms with van der Waals surface area (Å²) >= 11 is 10.7. The third-order valence-electron chi connectivity index (χ3n) is 6.87. The number of thiocarbonyl (C=S) groups is 2. The first-order chi connectivity index (χ1) is 18.2. The van der Waals surface area contributed by atoms with Crippen LogP contribution in [0.5, 0.6) is 0 Å². The number of hydrogen-bond acceptors (Lipinski definition) is 6. The molecule has 4 N–H and O–H groups in total. The molecule has 39 heavy (non-hydrogen) atoms. The molecule has 12 nitrogen and oxygen atoms in total. The minimum absolute atomic E-state index is 0.150. The summed E-state index contributed by atoms with van der Waals surface area (Å²) in [6, 6.07) is -0.444. The maximum atomic E-state index is 12.3. The van der Waals surface area contributed by atoms with E-state index in [4.69, 9.17) is 24.4 Å². The molecule has 0 radical (unpaired) electrons. The highest BCUT2D eigenvalue weighted by Gasteiger charge is 2.39. The Bertz CT molecular complexity index is 884. The van der Waals surface area contributed by atoms with Crippen LogP contribution in [-0.2, 0) is 9.59 Å². The van der Waals surface area contributed by atoms with Gasteiger partial charge in [0.2, 0.25) is 11.8 Å². The van der Waals surface area contributed by atoms with Gasteiger partial charge >= 0.3 is 12.1 Å². The van der Waals surface area contributed by atoms with Gasteiger partial charge in [-0.15, -0.1) is 0 Å². The Morgan fingerprint density at radius 2 is 1.05 bits per heavy atom. The molecule has 0 saturated carbocycles. The largest absolute Gasteiger partial charge is 0.363 e. The van der Waals surface area contributed by atoms with Gasteiger partial charge in [-0.05, 0) is 62.0 Å². The second-order valence-electron chi connectivity index (χ2n) is 11.4. The van der Waals surface area contributed by atoms with Crippen molar-refractivity contribution in [3.8, 4) is 0 Å². The zero-order valence-electron chi connectivity index (χ0n) is 24.0. The van der Waals surface area contributed by atoms with Gasteiger partial charge in [0.05, 0.1) is 6.67 Å². The van der Waals surface area contributed by atoms with Crippen LogP contribution >= 0.6 is 24.4 Å². The molecule has 2 saturated heterocycles. The minimum Gasteiger partial charge on any atom is -0.363 e. The molecule has 0 aromatic heterocycles. The first-order valence-electron chi connectivity index (χ1n) is 13.4. The van der Waals surface area contributed by atoms with E-state index >= 15 is 0 Å². The molecule has 2 heterocycles. The smallest absolute Gasteiger partial charge is 0.327 e. The average molecular weight is 585 g/mol. The molecule has 0 spiro atoms. The zero-order chi connectivity index (χ0) is 29.4. The van der Waals surface area contributed by atoms with E-state index in [9.17, 15) is 19.2 Å². The van der Waals surface area contributed by atoms with Gasteiger partial charge in [0.1, 0.15) is 13.1 Å². The lowest BCUT2D eigenvalue weighted by molar-refractivity contribution is -0.127. The molecular formula is C25H44N8O4S2. The minimum atomic E-state index is -0.264. The van der Waals surface area contributed by atoms with Crippen LogP contribution in [0.4, 0.5) is 9.59 Å². The van der Waals surface area contributed by atoms with E-state index in [0.29, 0.717) is 69.0 Å². The van der Waals surface area contributed by atoms with Crippen molar-refractivity contribution in [1.29, 1.82) is 0 Å². The van der Waals surface area contributed by atoms with Gasteiger partial charge in [-0.3, -0.25) is 19.4 Å². The average Bonchev–Trinajstić information content (AvgIpc) is 3.27. The number of rotatable bonds is 14. The Labute approximate surface area is 242 Å². The van der Waals surface area contributed by atoms with Gasteiger partial charge in [-0.1, -0.05) is 27.7 Å². The molecule has 2 fully saturated rings. The number of carbonyl (C=O) groups excluding carboxylic acids is 4. The van der Waals surface area contributed by atoms with Crippen molar-refractivity contribution in [2.45, 2.75) is 54.4 Å². The van der Waals surface area contributed by atoms with E-state index in [0.717, 1.165) is 0 Å². The molecule has 6 amide bonds. The molecule has 0 aromatic rings. The fraction of sp³-hybridized carbons (Fsp3) is 0.760.